The Kier molecular flexibility index (Phi) is 3.10. The Morgan fingerprint density at radius 3 is 2.82 bits per heavy atom. The van der Waals surface area contributed by atoms with Crippen LogP contribution < -0.4 is 5.32 Å². The molecule has 2 heterocycles. The summed E-state index contributed by atoms with van der Waals surface area (Å²) in [5, 5.41) is 3.41. The lowest BCUT2D eigenvalue weighted by Crippen LogP contribution is -2.27. The molecule has 2 N–H and O–H groups in total. The number of hydrogen-bond donors (Lipinski definition) is 2. The number of H-pyrrole nitrogens is 1. The normalized spacial score (nSPS) is 17.6. The molecule has 3 nitrogen and oxygen atoms in total. The molecule has 1 aromatic heterocycles. The summed E-state index contributed by atoms with van der Waals surface area (Å²) in [7, 11) is 0. The second-order valence-corrected chi connectivity index (χ2v) is 4.93. The predicted molar refractivity (Wildman–Crippen MR) is 70.0 cm³/mol. The molecule has 0 unspecified atom stereocenters. The van der Waals surface area contributed by atoms with E-state index in [1.54, 1.807) is 0 Å². The van der Waals surface area contributed by atoms with E-state index in [-0.39, 0.29) is 0 Å². The van der Waals surface area contributed by atoms with Crippen LogP contribution in [-0.2, 0) is 6.42 Å². The van der Waals surface area contributed by atoms with Crippen molar-refractivity contribution < 1.29 is 0 Å². The molecule has 3 rings (SSSR count). The Hall–Kier alpha value is -1.35. The van der Waals surface area contributed by atoms with Crippen molar-refractivity contribution in [1.29, 1.82) is 0 Å². The molecule has 17 heavy (non-hydrogen) atoms. The maximum Gasteiger partial charge on any atom is 0.107 e. The average molecular weight is 229 g/mol. The highest BCUT2D eigenvalue weighted by Gasteiger charge is 2.13. The zero-order valence-corrected chi connectivity index (χ0v) is 10.1. The van der Waals surface area contributed by atoms with Crippen molar-refractivity contribution in [2.45, 2.75) is 25.7 Å². The standard InChI is InChI=1S/C14H19N3/c1-2-4-13-12(3-1)16-14(17-13)6-5-11-7-9-15-10-8-11/h1-4,11,15H,5-10H2,(H,16,17). The third-order valence-electron chi connectivity index (χ3n) is 3.69. The van der Waals surface area contributed by atoms with Gasteiger partial charge in [-0.3, -0.25) is 0 Å². The first-order chi connectivity index (χ1) is 8.42. The van der Waals surface area contributed by atoms with Gasteiger partial charge in [0, 0.05) is 6.42 Å². The lowest BCUT2D eigenvalue weighted by molar-refractivity contribution is 0.352. The Bertz CT molecular complexity index is 450. The maximum absolute atomic E-state index is 4.63. The van der Waals surface area contributed by atoms with Crippen LogP contribution >= 0.6 is 0 Å². The number of imidazole rings is 1. The van der Waals surface area contributed by atoms with Crippen LogP contribution in [-0.4, -0.2) is 23.1 Å². The SMILES string of the molecule is c1ccc2[nH]c(CCC3CCNCC3)nc2c1. The van der Waals surface area contributed by atoms with Crippen molar-refractivity contribution in [2.75, 3.05) is 13.1 Å². The van der Waals surface area contributed by atoms with Crippen LogP contribution in [0.1, 0.15) is 25.1 Å². The van der Waals surface area contributed by atoms with Crippen molar-refractivity contribution in [3.63, 3.8) is 0 Å². The fourth-order valence-electron chi connectivity index (χ4n) is 2.64. The third-order valence-corrected chi connectivity index (χ3v) is 3.69. The molecule has 0 amide bonds. The molecule has 0 atom stereocenters. The Morgan fingerprint density at radius 1 is 1.18 bits per heavy atom. The number of nitrogens with one attached hydrogen (secondary N) is 2. The molecule has 1 saturated heterocycles. The molecule has 1 aliphatic heterocycles. The van der Waals surface area contributed by atoms with E-state index in [2.05, 4.69) is 33.5 Å². The van der Waals surface area contributed by atoms with Gasteiger partial charge in [-0.1, -0.05) is 12.1 Å². The summed E-state index contributed by atoms with van der Waals surface area (Å²) >= 11 is 0. The molecule has 0 saturated carbocycles. The maximum atomic E-state index is 4.63. The van der Waals surface area contributed by atoms with Crippen LogP contribution in [0.2, 0.25) is 0 Å². The van der Waals surface area contributed by atoms with Gasteiger partial charge in [0.15, 0.2) is 0 Å². The minimum absolute atomic E-state index is 0.879. The minimum Gasteiger partial charge on any atom is -0.342 e. The highest BCUT2D eigenvalue weighted by Crippen LogP contribution is 2.19. The van der Waals surface area contributed by atoms with Crippen molar-refractivity contribution in [3.8, 4) is 0 Å². The molecule has 0 spiro atoms. The Labute approximate surface area is 102 Å². The largest absolute Gasteiger partial charge is 0.342 e. The van der Waals surface area contributed by atoms with Crippen molar-refractivity contribution in [2.24, 2.45) is 5.92 Å². The highest BCUT2D eigenvalue weighted by atomic mass is 14.9. The summed E-state index contributed by atoms with van der Waals surface area (Å²) < 4.78 is 0. The summed E-state index contributed by atoms with van der Waals surface area (Å²) in [5.74, 6) is 2.02. The molecule has 0 radical (unpaired) electrons. The van der Waals surface area contributed by atoms with Crippen LogP contribution in [0.25, 0.3) is 11.0 Å². The van der Waals surface area contributed by atoms with E-state index in [0.29, 0.717) is 0 Å². The average Bonchev–Trinajstić information content (AvgIpc) is 2.80. The lowest BCUT2D eigenvalue weighted by Gasteiger charge is -2.21. The predicted octanol–water partition coefficient (Wildman–Crippen LogP) is 2.50. The van der Waals surface area contributed by atoms with Crippen LogP contribution in [0.3, 0.4) is 0 Å². The molecular formula is C14H19N3. The van der Waals surface area contributed by atoms with E-state index >= 15 is 0 Å². The zero-order chi connectivity index (χ0) is 11.5. The van der Waals surface area contributed by atoms with Gasteiger partial charge in [0.25, 0.3) is 0 Å². The van der Waals surface area contributed by atoms with Gasteiger partial charge in [0.1, 0.15) is 5.82 Å². The fraction of sp³-hybridized carbons (Fsp3) is 0.500. The fourth-order valence-corrected chi connectivity index (χ4v) is 2.64. The quantitative estimate of drug-likeness (QED) is 0.849. The topological polar surface area (TPSA) is 40.7 Å². The van der Waals surface area contributed by atoms with Gasteiger partial charge in [-0.05, 0) is 50.4 Å². The van der Waals surface area contributed by atoms with Crippen LogP contribution in [0.4, 0.5) is 0 Å². The first kappa shape index (κ1) is 10.8. The number of aromatic nitrogens is 2. The molecule has 1 aliphatic rings. The summed E-state index contributed by atoms with van der Waals surface area (Å²) in [6, 6.07) is 8.26. The van der Waals surface area contributed by atoms with Gasteiger partial charge in [0.2, 0.25) is 0 Å². The Balaban J connectivity index is 1.64. The van der Waals surface area contributed by atoms with E-state index in [1.165, 1.54) is 32.4 Å². The molecule has 0 aliphatic carbocycles. The van der Waals surface area contributed by atoms with E-state index in [9.17, 15) is 0 Å². The summed E-state index contributed by atoms with van der Waals surface area (Å²) in [6.45, 7) is 2.37. The van der Waals surface area contributed by atoms with Crippen molar-refractivity contribution in [1.82, 2.24) is 15.3 Å². The summed E-state index contributed by atoms with van der Waals surface area (Å²) in [6.07, 6.45) is 4.99. The van der Waals surface area contributed by atoms with E-state index in [4.69, 9.17) is 0 Å². The molecule has 1 fully saturated rings. The molecule has 0 bridgehead atoms. The van der Waals surface area contributed by atoms with Gasteiger partial charge in [-0.25, -0.2) is 4.98 Å². The van der Waals surface area contributed by atoms with Crippen molar-refractivity contribution >= 4 is 11.0 Å². The molecular weight excluding hydrogens is 210 g/mol. The van der Waals surface area contributed by atoms with Gasteiger partial charge in [0.05, 0.1) is 11.0 Å². The first-order valence-electron chi connectivity index (χ1n) is 6.56. The van der Waals surface area contributed by atoms with Gasteiger partial charge < -0.3 is 10.3 Å². The molecule has 3 heteroatoms. The Morgan fingerprint density at radius 2 is 2.00 bits per heavy atom. The van der Waals surface area contributed by atoms with E-state index in [0.717, 1.165) is 29.2 Å². The number of para-hydroxylation sites is 2. The number of piperidine rings is 1. The first-order valence-corrected chi connectivity index (χ1v) is 6.56. The smallest absolute Gasteiger partial charge is 0.107 e. The zero-order valence-electron chi connectivity index (χ0n) is 10.1. The number of aryl methyl sites for hydroxylation is 1. The number of fused-ring (bicyclic) bond motifs is 1. The molecule has 1 aromatic carbocycles. The highest BCUT2D eigenvalue weighted by molar-refractivity contribution is 5.74. The second kappa shape index (κ2) is 4.88. The lowest BCUT2D eigenvalue weighted by atomic mass is 9.93. The van der Waals surface area contributed by atoms with Gasteiger partial charge >= 0.3 is 0 Å². The summed E-state index contributed by atoms with van der Waals surface area (Å²) in [5.41, 5.74) is 2.25. The summed E-state index contributed by atoms with van der Waals surface area (Å²) in [4.78, 5) is 8.03. The second-order valence-electron chi connectivity index (χ2n) is 4.93. The molecule has 2 aromatic rings. The number of nitrogens with zero attached hydrogens (tertiary/aromatic N) is 1. The third kappa shape index (κ3) is 2.50. The van der Waals surface area contributed by atoms with Crippen LogP contribution in [0.15, 0.2) is 24.3 Å². The number of benzene rings is 1. The minimum atomic E-state index is 0.879. The van der Waals surface area contributed by atoms with Crippen LogP contribution in [0.5, 0.6) is 0 Å². The monoisotopic (exact) mass is 229 g/mol. The van der Waals surface area contributed by atoms with Crippen molar-refractivity contribution in [3.05, 3.63) is 30.1 Å². The number of hydrogen-bond acceptors (Lipinski definition) is 2. The molecule has 90 valence electrons. The van der Waals surface area contributed by atoms with E-state index in [1.807, 2.05) is 6.07 Å². The van der Waals surface area contributed by atoms with Crippen LogP contribution in [0, 0.1) is 5.92 Å². The number of rotatable bonds is 3. The van der Waals surface area contributed by atoms with E-state index < -0.39 is 0 Å². The van der Waals surface area contributed by atoms with Gasteiger partial charge in [-0.15, -0.1) is 0 Å². The number of aromatic amines is 1. The van der Waals surface area contributed by atoms with Gasteiger partial charge in [-0.2, -0.15) is 0 Å².